The van der Waals surface area contributed by atoms with Crippen LogP contribution < -0.4 is 9.47 Å². The van der Waals surface area contributed by atoms with Gasteiger partial charge in [0.2, 0.25) is 0 Å². The Kier molecular flexibility index (Phi) is 7.15. The van der Waals surface area contributed by atoms with Gasteiger partial charge in [-0.25, -0.2) is 0 Å². The van der Waals surface area contributed by atoms with Crippen molar-refractivity contribution in [3.8, 4) is 11.5 Å². The third kappa shape index (κ3) is 5.99. The van der Waals surface area contributed by atoms with Crippen LogP contribution in [0.25, 0.3) is 0 Å². The zero-order chi connectivity index (χ0) is 24.7. The summed E-state index contributed by atoms with van der Waals surface area (Å²) in [6, 6.07) is 17.0. The van der Waals surface area contributed by atoms with Gasteiger partial charge >= 0.3 is 212 Å². The molecule has 0 N–H and O–H groups in total. The van der Waals surface area contributed by atoms with Gasteiger partial charge in [-0.1, -0.05) is 0 Å². The van der Waals surface area contributed by atoms with Gasteiger partial charge in [-0.2, -0.15) is 0 Å². The summed E-state index contributed by atoms with van der Waals surface area (Å²) in [6.07, 6.45) is 0.112. The summed E-state index contributed by atoms with van der Waals surface area (Å²) in [4.78, 5) is 0.664. The molecule has 0 bridgehead atoms. The Bertz CT molecular complexity index is 876. The van der Waals surface area contributed by atoms with Crippen LogP contribution in [0.5, 0.6) is 11.5 Å². The molecule has 2 aromatic carbocycles. The zero-order valence-electron chi connectivity index (χ0n) is 21.9. The molecule has 0 saturated carbocycles. The van der Waals surface area contributed by atoms with Crippen LogP contribution in [0, 0.1) is 0 Å². The third-order valence-corrected chi connectivity index (χ3v) is 9.68. The van der Waals surface area contributed by atoms with Crippen molar-refractivity contribution in [1.29, 1.82) is 0 Å². The Hall–Kier alpha value is -1.52. The van der Waals surface area contributed by atoms with Crippen molar-refractivity contribution in [2.45, 2.75) is 93.8 Å². The predicted octanol–water partition coefficient (Wildman–Crippen LogP) is 6.55. The average Bonchev–Trinajstić information content (AvgIpc) is 3.23. The minimum absolute atomic E-state index is 0.0562. The first-order chi connectivity index (χ1) is 15.8. The second kappa shape index (κ2) is 9.50. The topological polar surface area (TPSA) is 36.9 Å². The van der Waals surface area contributed by atoms with Crippen LogP contribution in [-0.4, -0.2) is 46.2 Å². The fourth-order valence-electron chi connectivity index (χ4n) is 4.50. The number of hydrogen-bond donors (Lipinski definition) is 0. The van der Waals surface area contributed by atoms with E-state index in [1.807, 2.05) is 13.8 Å². The van der Waals surface area contributed by atoms with E-state index >= 15 is 0 Å². The van der Waals surface area contributed by atoms with E-state index in [2.05, 4.69) is 90.1 Å². The second-order valence-corrected chi connectivity index (χ2v) is 15.1. The van der Waals surface area contributed by atoms with E-state index in [1.165, 1.54) is 11.1 Å². The van der Waals surface area contributed by atoms with Gasteiger partial charge in [0.25, 0.3) is 0 Å². The van der Waals surface area contributed by atoms with E-state index in [4.69, 9.17) is 18.9 Å². The molecule has 2 aliphatic heterocycles. The predicted molar refractivity (Wildman–Crippen MR) is 138 cm³/mol. The van der Waals surface area contributed by atoms with Crippen molar-refractivity contribution < 1.29 is 18.9 Å². The molecule has 2 heterocycles. The molecule has 2 aliphatic rings. The van der Waals surface area contributed by atoms with Gasteiger partial charge in [-0.3, -0.25) is 0 Å². The normalized spacial score (nSPS) is 26.4. The van der Waals surface area contributed by atoms with Crippen LogP contribution in [0.4, 0.5) is 0 Å². The molecule has 5 heteroatoms. The van der Waals surface area contributed by atoms with Gasteiger partial charge in [-0.05, 0) is 0 Å². The quantitative estimate of drug-likeness (QED) is 0.396. The Morgan fingerprint density at radius 3 is 1.35 bits per heavy atom. The second-order valence-electron chi connectivity index (χ2n) is 11.9. The van der Waals surface area contributed by atoms with Gasteiger partial charge < -0.3 is 0 Å². The molecule has 0 unspecified atom stereocenters. The monoisotopic (exact) mass is 532 g/mol. The summed E-state index contributed by atoms with van der Waals surface area (Å²) >= 11 is 0.294. The standard InChI is InChI=1S/C29H40O4Se/c1-27(2,3)19-9-13-21(14-10-19)30-17-23-25-26(33-29(7,8)32-25)24(34-23)18-31-22-15-11-20(12-16-22)28(4,5)6/h9-16,23-26H,17-18H2,1-8H3/t23-,24-,25+,26+/m0/s1. The van der Waals surface area contributed by atoms with Crippen molar-refractivity contribution in [2.75, 3.05) is 13.2 Å². The van der Waals surface area contributed by atoms with E-state index in [9.17, 15) is 0 Å². The van der Waals surface area contributed by atoms with E-state index in [1.54, 1.807) is 0 Å². The van der Waals surface area contributed by atoms with Crippen LogP contribution in [0.15, 0.2) is 48.5 Å². The molecule has 0 radical (unpaired) electrons. The van der Waals surface area contributed by atoms with Gasteiger partial charge in [0, 0.05) is 0 Å². The average molecular weight is 532 g/mol. The van der Waals surface area contributed by atoms with Gasteiger partial charge in [-0.15, -0.1) is 0 Å². The molecule has 0 aromatic heterocycles. The molecule has 4 atom stereocenters. The minimum atomic E-state index is -0.564. The Balaban J connectivity index is 1.38. The number of hydrogen-bond acceptors (Lipinski definition) is 4. The summed E-state index contributed by atoms with van der Waals surface area (Å²) in [6.45, 7) is 18.7. The molecule has 0 aliphatic carbocycles. The Morgan fingerprint density at radius 1 is 0.676 bits per heavy atom. The summed E-state index contributed by atoms with van der Waals surface area (Å²) in [5.74, 6) is 1.26. The SMILES string of the molecule is CC1(C)O[C@H]2[C@H](O1)[C@H](COc1ccc(C(C)(C)C)cc1)[Se][C@H]2COc1ccc(C(C)(C)C)cc1. The Morgan fingerprint density at radius 2 is 1.03 bits per heavy atom. The first-order valence-electron chi connectivity index (χ1n) is 12.3. The first kappa shape index (κ1) is 25.6. The molecule has 2 aromatic rings. The van der Waals surface area contributed by atoms with Crippen LogP contribution >= 0.6 is 0 Å². The number of benzene rings is 2. The van der Waals surface area contributed by atoms with Crippen molar-refractivity contribution in [3.05, 3.63) is 59.7 Å². The molecule has 4 rings (SSSR count). The van der Waals surface area contributed by atoms with Gasteiger partial charge in [0.15, 0.2) is 0 Å². The van der Waals surface area contributed by atoms with E-state index in [0.717, 1.165) is 11.5 Å². The number of ether oxygens (including phenoxy) is 4. The first-order valence-corrected chi connectivity index (χ1v) is 14.3. The van der Waals surface area contributed by atoms with E-state index in [0.29, 0.717) is 37.8 Å². The molecular weight excluding hydrogens is 491 g/mol. The fourth-order valence-corrected chi connectivity index (χ4v) is 7.59. The van der Waals surface area contributed by atoms with Gasteiger partial charge in [0.05, 0.1) is 0 Å². The molecule has 0 amide bonds. The summed E-state index contributed by atoms with van der Waals surface area (Å²) in [7, 11) is 0. The summed E-state index contributed by atoms with van der Waals surface area (Å²) in [5.41, 5.74) is 2.90. The molecular formula is C29H40O4Se. The maximum absolute atomic E-state index is 6.33. The van der Waals surface area contributed by atoms with Crippen LogP contribution in [0.2, 0.25) is 9.63 Å². The van der Waals surface area contributed by atoms with Crippen LogP contribution in [0.1, 0.15) is 66.5 Å². The molecule has 0 spiro atoms. The molecule has 186 valence electrons. The Labute approximate surface area is 211 Å². The van der Waals surface area contributed by atoms with Crippen LogP contribution in [0.3, 0.4) is 0 Å². The van der Waals surface area contributed by atoms with E-state index in [-0.39, 0.29) is 23.0 Å². The maximum atomic E-state index is 6.33. The molecule has 2 saturated heterocycles. The zero-order valence-corrected chi connectivity index (χ0v) is 23.6. The van der Waals surface area contributed by atoms with Gasteiger partial charge in [0.1, 0.15) is 0 Å². The third-order valence-electron chi connectivity index (χ3n) is 6.52. The summed E-state index contributed by atoms with van der Waals surface area (Å²) < 4.78 is 25.1. The number of rotatable bonds is 6. The number of fused-ring (bicyclic) bond motifs is 1. The van der Waals surface area contributed by atoms with Crippen LogP contribution in [-0.2, 0) is 20.3 Å². The molecule has 2 fully saturated rings. The van der Waals surface area contributed by atoms with Crippen molar-refractivity contribution in [3.63, 3.8) is 0 Å². The van der Waals surface area contributed by atoms with Crippen molar-refractivity contribution >= 4 is 15.0 Å². The van der Waals surface area contributed by atoms with Crippen molar-refractivity contribution in [2.24, 2.45) is 0 Å². The molecule has 34 heavy (non-hydrogen) atoms. The van der Waals surface area contributed by atoms with E-state index < -0.39 is 5.79 Å². The molecule has 4 nitrogen and oxygen atoms in total. The van der Waals surface area contributed by atoms with Crippen molar-refractivity contribution in [1.82, 2.24) is 0 Å². The summed E-state index contributed by atoms with van der Waals surface area (Å²) in [5, 5.41) is 0. The fraction of sp³-hybridized carbons (Fsp3) is 0.586.